The molecule has 0 aliphatic carbocycles. The van der Waals surface area contributed by atoms with E-state index in [2.05, 4.69) is 15.6 Å². The third-order valence-corrected chi connectivity index (χ3v) is 4.15. The van der Waals surface area contributed by atoms with Crippen LogP contribution in [0, 0.1) is 0 Å². The Bertz CT molecular complexity index is 780. The first kappa shape index (κ1) is 21.4. The summed E-state index contributed by atoms with van der Waals surface area (Å²) >= 11 is 0. The van der Waals surface area contributed by atoms with Gasteiger partial charge < -0.3 is 30.0 Å². The van der Waals surface area contributed by atoms with Gasteiger partial charge in [0.15, 0.2) is 17.5 Å². The molecule has 0 fully saturated rings. The number of benzene rings is 2. The maximum Gasteiger partial charge on any atom is 0.191 e. The number of nitrogens with zero attached hydrogens (tertiary/aromatic N) is 1. The fourth-order valence-electron chi connectivity index (χ4n) is 2.65. The number of rotatable bonds is 9. The van der Waals surface area contributed by atoms with Crippen LogP contribution in [0.5, 0.6) is 17.2 Å². The van der Waals surface area contributed by atoms with E-state index in [4.69, 9.17) is 14.2 Å². The molecule has 0 spiro atoms. The van der Waals surface area contributed by atoms with Crippen LogP contribution in [0.15, 0.2) is 47.5 Å². The quantitative estimate of drug-likeness (QED) is 0.453. The fraction of sp³-hybridized carbons (Fsp3) is 0.381. The zero-order chi connectivity index (χ0) is 20.4. The van der Waals surface area contributed by atoms with Gasteiger partial charge in [-0.1, -0.05) is 18.2 Å². The molecular formula is C21H29N3O4. The molecule has 0 saturated heterocycles. The molecule has 0 amide bonds. The molecule has 7 heteroatoms. The van der Waals surface area contributed by atoms with Gasteiger partial charge in [0.25, 0.3) is 0 Å². The van der Waals surface area contributed by atoms with Crippen molar-refractivity contribution < 1.29 is 19.3 Å². The number of nitrogens with one attached hydrogen (secondary N) is 2. The van der Waals surface area contributed by atoms with Crippen LogP contribution in [-0.2, 0) is 6.54 Å². The lowest BCUT2D eigenvalue weighted by Crippen LogP contribution is -2.39. The predicted molar refractivity (Wildman–Crippen MR) is 110 cm³/mol. The Morgan fingerprint density at radius 2 is 1.79 bits per heavy atom. The van der Waals surface area contributed by atoms with Crippen LogP contribution in [0.2, 0.25) is 0 Å². The molecular weight excluding hydrogens is 358 g/mol. The second kappa shape index (κ2) is 11.0. The normalized spacial score (nSPS) is 12.2. The van der Waals surface area contributed by atoms with Gasteiger partial charge in [0.2, 0.25) is 0 Å². The minimum absolute atomic E-state index is 0.324. The molecule has 0 aliphatic rings. The molecule has 0 aliphatic heterocycles. The van der Waals surface area contributed by atoms with Crippen molar-refractivity contribution in [3.8, 4) is 17.2 Å². The summed E-state index contributed by atoms with van der Waals surface area (Å²) in [6, 6.07) is 13.1. The molecule has 0 radical (unpaired) electrons. The summed E-state index contributed by atoms with van der Waals surface area (Å²) < 4.78 is 15.8. The molecule has 2 aromatic rings. The second-order valence-electron chi connectivity index (χ2n) is 6.06. The molecule has 1 atom stereocenters. The summed E-state index contributed by atoms with van der Waals surface area (Å²) in [5.41, 5.74) is 1.77. The number of hydrogen-bond acceptors (Lipinski definition) is 5. The molecule has 3 N–H and O–H groups in total. The molecule has 1 unspecified atom stereocenters. The SMILES string of the molecule is CCNC(=NCc1ccc(OC)c(OC)c1)NCC(O)c1cccc(OC)c1. The number of hydrogen-bond donors (Lipinski definition) is 3. The van der Waals surface area contributed by atoms with Gasteiger partial charge >= 0.3 is 0 Å². The number of aliphatic hydroxyl groups is 1. The standard InChI is InChI=1S/C21H29N3O4/c1-5-22-21(23-13-15-9-10-19(27-3)20(11-15)28-4)24-14-18(25)16-7-6-8-17(12-16)26-2/h6-12,18,25H,5,13-14H2,1-4H3,(H2,22,23,24). The van der Waals surface area contributed by atoms with E-state index in [1.54, 1.807) is 21.3 Å². The summed E-state index contributed by atoms with van der Waals surface area (Å²) in [7, 11) is 4.82. The largest absolute Gasteiger partial charge is 0.497 e. The molecule has 2 rings (SSSR count). The van der Waals surface area contributed by atoms with Crippen LogP contribution in [0.3, 0.4) is 0 Å². The van der Waals surface area contributed by atoms with E-state index in [0.717, 1.165) is 11.1 Å². The molecule has 7 nitrogen and oxygen atoms in total. The predicted octanol–water partition coefficient (Wildman–Crippen LogP) is 2.50. The highest BCUT2D eigenvalue weighted by molar-refractivity contribution is 5.79. The average molecular weight is 387 g/mol. The third-order valence-electron chi connectivity index (χ3n) is 4.15. The zero-order valence-electron chi connectivity index (χ0n) is 16.9. The molecule has 0 aromatic heterocycles. The van der Waals surface area contributed by atoms with Gasteiger partial charge in [0.1, 0.15) is 5.75 Å². The van der Waals surface area contributed by atoms with Crippen LogP contribution in [-0.4, -0.2) is 45.5 Å². The highest BCUT2D eigenvalue weighted by Crippen LogP contribution is 2.27. The Morgan fingerprint density at radius 3 is 2.46 bits per heavy atom. The molecule has 0 bridgehead atoms. The Balaban J connectivity index is 2.01. The maximum absolute atomic E-state index is 10.4. The van der Waals surface area contributed by atoms with Crippen molar-refractivity contribution in [3.05, 3.63) is 53.6 Å². The third kappa shape index (κ3) is 6.06. The lowest BCUT2D eigenvalue weighted by Gasteiger charge is -2.16. The van der Waals surface area contributed by atoms with Gasteiger partial charge in [0, 0.05) is 13.1 Å². The van der Waals surface area contributed by atoms with Gasteiger partial charge in [0.05, 0.1) is 34.0 Å². The summed E-state index contributed by atoms with van der Waals surface area (Å²) in [6.45, 7) is 3.50. The Morgan fingerprint density at radius 1 is 1.00 bits per heavy atom. The molecule has 2 aromatic carbocycles. The van der Waals surface area contributed by atoms with Crippen molar-refractivity contribution in [1.82, 2.24) is 10.6 Å². The van der Waals surface area contributed by atoms with Crippen LogP contribution >= 0.6 is 0 Å². The maximum atomic E-state index is 10.4. The number of aliphatic hydroxyl groups excluding tert-OH is 1. The summed E-state index contributed by atoms with van der Waals surface area (Å²) in [6.07, 6.45) is -0.681. The lowest BCUT2D eigenvalue weighted by molar-refractivity contribution is 0.180. The van der Waals surface area contributed by atoms with Gasteiger partial charge in [-0.3, -0.25) is 0 Å². The molecule has 152 valence electrons. The van der Waals surface area contributed by atoms with E-state index >= 15 is 0 Å². The van der Waals surface area contributed by atoms with Gasteiger partial charge in [-0.2, -0.15) is 0 Å². The Kier molecular flexibility index (Phi) is 8.42. The number of methoxy groups -OCH3 is 3. The monoisotopic (exact) mass is 387 g/mol. The molecule has 0 heterocycles. The van der Waals surface area contributed by atoms with Crippen LogP contribution in [0.25, 0.3) is 0 Å². The van der Waals surface area contributed by atoms with Crippen molar-refractivity contribution in [2.75, 3.05) is 34.4 Å². The topological polar surface area (TPSA) is 84.3 Å². The van der Waals surface area contributed by atoms with Crippen molar-refractivity contribution in [3.63, 3.8) is 0 Å². The number of guanidine groups is 1. The van der Waals surface area contributed by atoms with E-state index in [-0.39, 0.29) is 0 Å². The summed E-state index contributed by atoms with van der Waals surface area (Å²) in [5, 5.41) is 16.8. The minimum atomic E-state index is -0.681. The van der Waals surface area contributed by atoms with Crippen molar-refractivity contribution in [2.24, 2.45) is 4.99 Å². The smallest absolute Gasteiger partial charge is 0.191 e. The first-order valence-corrected chi connectivity index (χ1v) is 9.16. The van der Waals surface area contributed by atoms with E-state index in [1.807, 2.05) is 49.4 Å². The van der Waals surface area contributed by atoms with Crippen molar-refractivity contribution >= 4 is 5.96 Å². The van der Waals surface area contributed by atoms with Crippen LogP contribution in [0.4, 0.5) is 0 Å². The highest BCUT2D eigenvalue weighted by Gasteiger charge is 2.10. The van der Waals surface area contributed by atoms with Crippen molar-refractivity contribution in [2.45, 2.75) is 19.6 Å². The average Bonchev–Trinajstić information content (AvgIpc) is 2.75. The van der Waals surface area contributed by atoms with Gasteiger partial charge in [-0.25, -0.2) is 4.99 Å². The van der Waals surface area contributed by atoms with E-state index in [0.29, 0.717) is 42.8 Å². The highest BCUT2D eigenvalue weighted by atomic mass is 16.5. The summed E-state index contributed by atoms with van der Waals surface area (Å²) in [5.74, 6) is 2.69. The number of aliphatic imine (C=N–C) groups is 1. The van der Waals surface area contributed by atoms with Gasteiger partial charge in [-0.15, -0.1) is 0 Å². The van der Waals surface area contributed by atoms with E-state index < -0.39 is 6.10 Å². The first-order chi connectivity index (χ1) is 13.6. The lowest BCUT2D eigenvalue weighted by atomic mass is 10.1. The van der Waals surface area contributed by atoms with Crippen molar-refractivity contribution in [1.29, 1.82) is 0 Å². The zero-order valence-corrected chi connectivity index (χ0v) is 16.9. The second-order valence-corrected chi connectivity index (χ2v) is 6.06. The van der Waals surface area contributed by atoms with E-state index in [9.17, 15) is 5.11 Å². The van der Waals surface area contributed by atoms with Gasteiger partial charge in [-0.05, 0) is 42.3 Å². The van der Waals surface area contributed by atoms with E-state index in [1.165, 1.54) is 0 Å². The first-order valence-electron chi connectivity index (χ1n) is 9.16. The molecule has 0 saturated carbocycles. The molecule has 28 heavy (non-hydrogen) atoms. The fourth-order valence-corrected chi connectivity index (χ4v) is 2.65. The van der Waals surface area contributed by atoms with Crippen LogP contribution < -0.4 is 24.8 Å². The Labute approximate surface area is 166 Å². The number of ether oxygens (including phenoxy) is 3. The summed E-state index contributed by atoms with van der Waals surface area (Å²) in [4.78, 5) is 4.58. The van der Waals surface area contributed by atoms with Crippen LogP contribution in [0.1, 0.15) is 24.2 Å². The Hall–Kier alpha value is -2.93. The minimum Gasteiger partial charge on any atom is -0.497 e.